The lowest BCUT2D eigenvalue weighted by Crippen LogP contribution is -2.27. The molecule has 0 saturated carbocycles. The number of pyridine rings is 1. The van der Waals surface area contributed by atoms with Gasteiger partial charge in [-0.3, -0.25) is 4.79 Å². The molecule has 2 rings (SSSR count). The number of nitrogens with zero attached hydrogens (tertiary/aromatic N) is 1. The second kappa shape index (κ2) is 6.28. The highest BCUT2D eigenvalue weighted by Crippen LogP contribution is 2.23. The number of aromatic nitrogens is 1. The first kappa shape index (κ1) is 16.8. The Hall–Kier alpha value is -2.57. The number of halogens is 3. The molecule has 1 aromatic heterocycles. The van der Waals surface area contributed by atoms with E-state index in [0.717, 1.165) is 12.1 Å². The quantitative estimate of drug-likeness (QED) is 0.831. The third-order valence-corrected chi connectivity index (χ3v) is 3.00. The number of rotatable bonds is 3. The van der Waals surface area contributed by atoms with Gasteiger partial charge in [0.15, 0.2) is 17.5 Å². The van der Waals surface area contributed by atoms with E-state index in [0.29, 0.717) is 5.69 Å². The number of nitrogens with one attached hydrogen (secondary N) is 2. The molecule has 2 N–H and O–H groups in total. The number of hydrogen-bond donors (Lipinski definition) is 2. The zero-order valence-corrected chi connectivity index (χ0v) is 12.9. The average Bonchev–Trinajstić information content (AvgIpc) is 2.49. The Kier molecular flexibility index (Phi) is 4.58. The van der Waals surface area contributed by atoms with Gasteiger partial charge in [0.05, 0.1) is 17.6 Å². The van der Waals surface area contributed by atoms with Crippen molar-refractivity contribution in [3.63, 3.8) is 0 Å². The molecule has 0 unspecified atom stereocenters. The Morgan fingerprint density at radius 1 is 1.04 bits per heavy atom. The highest BCUT2D eigenvalue weighted by molar-refractivity contribution is 5.94. The number of carbonyl (C=O) groups is 1. The topological polar surface area (TPSA) is 54.0 Å². The first-order valence-electron chi connectivity index (χ1n) is 6.86. The first-order valence-corrected chi connectivity index (χ1v) is 6.86. The lowest BCUT2D eigenvalue weighted by molar-refractivity contribution is -0.123. The van der Waals surface area contributed by atoms with E-state index < -0.39 is 22.9 Å². The van der Waals surface area contributed by atoms with E-state index in [1.54, 1.807) is 26.8 Å². The van der Waals surface area contributed by atoms with Gasteiger partial charge in [0.25, 0.3) is 0 Å². The van der Waals surface area contributed by atoms with Crippen LogP contribution in [0.2, 0.25) is 0 Å². The summed E-state index contributed by atoms with van der Waals surface area (Å²) in [7, 11) is 0. The van der Waals surface area contributed by atoms with Crippen molar-refractivity contribution in [2.75, 3.05) is 10.6 Å². The van der Waals surface area contributed by atoms with Crippen LogP contribution in [-0.4, -0.2) is 10.9 Å². The van der Waals surface area contributed by atoms with Gasteiger partial charge in [0.2, 0.25) is 5.91 Å². The van der Waals surface area contributed by atoms with Crippen LogP contribution in [0.5, 0.6) is 0 Å². The van der Waals surface area contributed by atoms with Crippen LogP contribution >= 0.6 is 0 Å². The Morgan fingerprint density at radius 3 is 2.30 bits per heavy atom. The molecule has 23 heavy (non-hydrogen) atoms. The number of amides is 1. The molecule has 0 spiro atoms. The van der Waals surface area contributed by atoms with Gasteiger partial charge in [-0.1, -0.05) is 20.8 Å². The van der Waals surface area contributed by atoms with Gasteiger partial charge in [-0.25, -0.2) is 18.2 Å². The Balaban J connectivity index is 2.12. The lowest BCUT2D eigenvalue weighted by atomic mass is 9.96. The molecule has 7 heteroatoms. The van der Waals surface area contributed by atoms with E-state index >= 15 is 0 Å². The zero-order chi connectivity index (χ0) is 17.2. The second-order valence-corrected chi connectivity index (χ2v) is 5.98. The Labute approximate surface area is 131 Å². The largest absolute Gasteiger partial charge is 0.338 e. The fraction of sp³-hybridized carbons (Fsp3) is 0.250. The van der Waals surface area contributed by atoms with Gasteiger partial charge in [0.1, 0.15) is 5.82 Å². The summed E-state index contributed by atoms with van der Waals surface area (Å²) < 4.78 is 39.6. The molecular weight excluding hydrogens is 307 g/mol. The fourth-order valence-corrected chi connectivity index (χ4v) is 1.62. The van der Waals surface area contributed by atoms with Gasteiger partial charge in [-0.2, -0.15) is 0 Å². The highest BCUT2D eigenvalue weighted by Gasteiger charge is 2.21. The minimum Gasteiger partial charge on any atom is -0.338 e. The molecule has 4 nitrogen and oxygen atoms in total. The molecule has 0 aliphatic heterocycles. The summed E-state index contributed by atoms with van der Waals surface area (Å²) in [5, 5.41) is 5.23. The monoisotopic (exact) mass is 323 g/mol. The summed E-state index contributed by atoms with van der Waals surface area (Å²) >= 11 is 0. The predicted molar refractivity (Wildman–Crippen MR) is 81.9 cm³/mol. The summed E-state index contributed by atoms with van der Waals surface area (Å²) in [6, 6.07) is 4.94. The van der Waals surface area contributed by atoms with Crippen LogP contribution < -0.4 is 10.6 Å². The van der Waals surface area contributed by atoms with Crippen molar-refractivity contribution < 1.29 is 18.0 Å². The number of benzene rings is 1. The molecule has 1 heterocycles. The van der Waals surface area contributed by atoms with E-state index in [1.165, 1.54) is 12.3 Å². The minimum absolute atomic E-state index is 0.174. The van der Waals surface area contributed by atoms with Gasteiger partial charge >= 0.3 is 0 Å². The van der Waals surface area contributed by atoms with E-state index in [2.05, 4.69) is 15.6 Å². The SMILES string of the molecule is CC(C)(C)C(=O)Nc1ccc(Nc2ccc(F)c(F)c2F)nc1. The maximum absolute atomic E-state index is 13.6. The number of hydrogen-bond acceptors (Lipinski definition) is 3. The molecule has 0 saturated heterocycles. The molecule has 0 aliphatic carbocycles. The molecule has 0 atom stereocenters. The van der Waals surface area contributed by atoms with Gasteiger partial charge < -0.3 is 10.6 Å². The van der Waals surface area contributed by atoms with Crippen LogP contribution in [0.3, 0.4) is 0 Å². The third kappa shape index (κ3) is 4.00. The van der Waals surface area contributed by atoms with Crippen LogP contribution in [0.25, 0.3) is 0 Å². The Bertz CT molecular complexity index is 725. The molecule has 1 amide bonds. The first-order chi connectivity index (χ1) is 10.7. The third-order valence-electron chi connectivity index (χ3n) is 3.00. The molecule has 1 aromatic carbocycles. The fourth-order valence-electron chi connectivity index (χ4n) is 1.62. The van der Waals surface area contributed by atoms with Crippen LogP contribution in [0.4, 0.5) is 30.4 Å². The summed E-state index contributed by atoms with van der Waals surface area (Å²) in [6.45, 7) is 5.33. The summed E-state index contributed by atoms with van der Waals surface area (Å²) in [5.74, 6) is -4.09. The van der Waals surface area contributed by atoms with Gasteiger partial charge in [-0.05, 0) is 24.3 Å². The van der Waals surface area contributed by atoms with Gasteiger partial charge in [-0.15, -0.1) is 0 Å². The van der Waals surface area contributed by atoms with Crippen molar-refractivity contribution in [3.05, 3.63) is 47.9 Å². The van der Waals surface area contributed by atoms with Crippen LogP contribution in [0, 0.1) is 22.9 Å². The number of anilines is 3. The van der Waals surface area contributed by atoms with E-state index in [4.69, 9.17) is 0 Å². The normalized spacial score (nSPS) is 11.2. The van der Waals surface area contributed by atoms with Crippen molar-refractivity contribution in [1.29, 1.82) is 0 Å². The summed E-state index contributed by atoms with van der Waals surface area (Å²) in [6.07, 6.45) is 1.38. The van der Waals surface area contributed by atoms with Crippen molar-refractivity contribution in [1.82, 2.24) is 4.98 Å². The van der Waals surface area contributed by atoms with Crippen LogP contribution in [0.15, 0.2) is 30.5 Å². The minimum atomic E-state index is -1.55. The number of carbonyl (C=O) groups excluding carboxylic acids is 1. The molecule has 0 aliphatic rings. The van der Waals surface area contributed by atoms with Crippen LogP contribution in [0.1, 0.15) is 20.8 Å². The van der Waals surface area contributed by atoms with Gasteiger partial charge in [0, 0.05) is 5.41 Å². The van der Waals surface area contributed by atoms with Crippen LogP contribution in [-0.2, 0) is 4.79 Å². The molecule has 2 aromatic rings. The van der Waals surface area contributed by atoms with Crippen molar-refractivity contribution in [2.45, 2.75) is 20.8 Å². The Morgan fingerprint density at radius 2 is 1.74 bits per heavy atom. The molecule has 0 fully saturated rings. The maximum atomic E-state index is 13.6. The lowest BCUT2D eigenvalue weighted by Gasteiger charge is -2.17. The standard InChI is InChI=1S/C16H16F3N3O/c1-16(2,3)15(23)21-9-4-7-12(20-8-9)22-11-6-5-10(17)13(18)14(11)19/h4-8H,1-3H3,(H,20,22)(H,21,23). The summed E-state index contributed by atoms with van der Waals surface area (Å²) in [5.41, 5.74) is -0.310. The van der Waals surface area contributed by atoms with Crippen molar-refractivity contribution in [3.8, 4) is 0 Å². The average molecular weight is 323 g/mol. The van der Waals surface area contributed by atoms with E-state index in [9.17, 15) is 18.0 Å². The molecular formula is C16H16F3N3O. The smallest absolute Gasteiger partial charge is 0.229 e. The predicted octanol–water partition coefficient (Wildman–Crippen LogP) is 4.23. The van der Waals surface area contributed by atoms with Crippen molar-refractivity contribution in [2.24, 2.45) is 5.41 Å². The second-order valence-electron chi connectivity index (χ2n) is 5.98. The highest BCUT2D eigenvalue weighted by atomic mass is 19.2. The van der Waals surface area contributed by atoms with E-state index in [1.807, 2.05) is 0 Å². The zero-order valence-electron chi connectivity index (χ0n) is 12.9. The van der Waals surface area contributed by atoms with Crippen molar-refractivity contribution >= 4 is 23.1 Å². The molecule has 0 radical (unpaired) electrons. The summed E-state index contributed by atoms with van der Waals surface area (Å²) in [4.78, 5) is 15.8. The van der Waals surface area contributed by atoms with E-state index in [-0.39, 0.29) is 17.4 Å². The molecule has 122 valence electrons. The molecule has 0 bridgehead atoms. The maximum Gasteiger partial charge on any atom is 0.229 e.